The molecule has 5 nitrogen and oxygen atoms in total. The zero-order chi connectivity index (χ0) is 14.1. The molecule has 0 aromatic carbocycles. The first-order valence-corrected chi connectivity index (χ1v) is 6.77. The Labute approximate surface area is 113 Å². The third kappa shape index (κ3) is 3.36. The number of hydrogen-bond donors (Lipinski definition) is 1. The van der Waals surface area contributed by atoms with Gasteiger partial charge >= 0.3 is 6.09 Å². The molecule has 2 rings (SSSR count). The largest absolute Gasteiger partial charge is 0.444 e. The Balaban J connectivity index is 1.94. The first kappa shape index (κ1) is 14.5. The summed E-state index contributed by atoms with van der Waals surface area (Å²) in [6, 6.07) is 0. The van der Waals surface area contributed by atoms with Gasteiger partial charge in [-0.2, -0.15) is 0 Å². The Morgan fingerprint density at radius 3 is 2.79 bits per heavy atom. The van der Waals surface area contributed by atoms with Crippen LogP contribution in [0.15, 0.2) is 0 Å². The Bertz CT molecular complexity index is 337. The van der Waals surface area contributed by atoms with Crippen LogP contribution in [-0.2, 0) is 9.47 Å². The van der Waals surface area contributed by atoms with Gasteiger partial charge in [-0.1, -0.05) is 0 Å². The lowest BCUT2D eigenvalue weighted by Crippen LogP contribution is -2.66. The topological polar surface area (TPSA) is 50.8 Å². The number of ether oxygens (including phenoxy) is 2. The summed E-state index contributed by atoms with van der Waals surface area (Å²) < 4.78 is 25.0. The summed E-state index contributed by atoms with van der Waals surface area (Å²) in [5.41, 5.74) is -1.18. The third-order valence-corrected chi connectivity index (χ3v) is 3.54. The maximum absolute atomic E-state index is 14.4. The molecule has 1 spiro atoms. The molecule has 2 aliphatic rings. The van der Waals surface area contributed by atoms with E-state index in [4.69, 9.17) is 9.47 Å². The quantitative estimate of drug-likeness (QED) is 0.724. The maximum atomic E-state index is 14.4. The van der Waals surface area contributed by atoms with Crippen molar-refractivity contribution in [1.82, 2.24) is 10.2 Å². The van der Waals surface area contributed by atoms with Crippen LogP contribution in [-0.4, -0.2) is 61.2 Å². The Morgan fingerprint density at radius 1 is 1.53 bits per heavy atom. The molecule has 2 saturated heterocycles. The van der Waals surface area contributed by atoms with Crippen molar-refractivity contribution in [3.05, 3.63) is 0 Å². The van der Waals surface area contributed by atoms with Crippen LogP contribution in [0.5, 0.6) is 0 Å². The van der Waals surface area contributed by atoms with E-state index in [1.54, 1.807) is 20.8 Å². The molecule has 0 saturated carbocycles. The summed E-state index contributed by atoms with van der Waals surface area (Å²) in [4.78, 5) is 13.4. The van der Waals surface area contributed by atoms with Crippen LogP contribution in [0.2, 0.25) is 0 Å². The highest BCUT2D eigenvalue weighted by Crippen LogP contribution is 2.28. The van der Waals surface area contributed by atoms with Gasteiger partial charge in [-0.05, 0) is 27.2 Å². The van der Waals surface area contributed by atoms with E-state index in [2.05, 4.69) is 5.32 Å². The molecule has 0 aliphatic carbocycles. The first-order chi connectivity index (χ1) is 8.82. The van der Waals surface area contributed by atoms with Crippen molar-refractivity contribution in [1.29, 1.82) is 0 Å². The number of nitrogens with one attached hydrogen (secondary N) is 1. The molecular weight excluding hydrogens is 251 g/mol. The molecule has 110 valence electrons. The van der Waals surface area contributed by atoms with Crippen LogP contribution in [0, 0.1) is 0 Å². The third-order valence-electron chi connectivity index (χ3n) is 3.54. The summed E-state index contributed by atoms with van der Waals surface area (Å²) in [5, 5.41) is 3.21. The molecule has 2 atom stereocenters. The lowest BCUT2D eigenvalue weighted by atomic mass is 9.86. The number of rotatable bonds is 0. The molecule has 1 amide bonds. The monoisotopic (exact) mass is 274 g/mol. The SMILES string of the molecule is CC(C)(C)OC(=O)N1CC[C@]2(COCCN2)[C@H](F)C1. The number of likely N-dealkylation sites (tertiary alicyclic amines) is 1. The van der Waals surface area contributed by atoms with Crippen molar-refractivity contribution < 1.29 is 18.7 Å². The predicted octanol–water partition coefficient (Wildman–Crippen LogP) is 1.32. The van der Waals surface area contributed by atoms with Gasteiger partial charge in [-0.15, -0.1) is 0 Å². The average Bonchev–Trinajstić information content (AvgIpc) is 2.32. The number of piperidine rings is 1. The van der Waals surface area contributed by atoms with E-state index in [0.29, 0.717) is 32.7 Å². The highest BCUT2D eigenvalue weighted by atomic mass is 19.1. The molecule has 0 aromatic heterocycles. The number of halogens is 1. The van der Waals surface area contributed by atoms with Crippen molar-refractivity contribution in [2.45, 2.75) is 44.5 Å². The van der Waals surface area contributed by atoms with Crippen LogP contribution in [0.4, 0.5) is 9.18 Å². The van der Waals surface area contributed by atoms with E-state index in [-0.39, 0.29) is 6.54 Å². The van der Waals surface area contributed by atoms with Gasteiger partial charge in [0, 0.05) is 13.1 Å². The van der Waals surface area contributed by atoms with Gasteiger partial charge < -0.3 is 19.7 Å². The predicted molar refractivity (Wildman–Crippen MR) is 68.9 cm³/mol. The molecule has 6 heteroatoms. The highest BCUT2D eigenvalue weighted by molar-refractivity contribution is 5.68. The number of amides is 1. The summed E-state index contributed by atoms with van der Waals surface area (Å²) >= 11 is 0. The molecular formula is C13H23FN2O3. The Hall–Kier alpha value is -0.880. The Morgan fingerprint density at radius 2 is 2.26 bits per heavy atom. The van der Waals surface area contributed by atoms with Gasteiger partial charge in [-0.25, -0.2) is 9.18 Å². The summed E-state index contributed by atoms with van der Waals surface area (Å²) in [5.74, 6) is 0. The van der Waals surface area contributed by atoms with Crippen LogP contribution >= 0.6 is 0 Å². The number of alkyl halides is 1. The fourth-order valence-corrected chi connectivity index (χ4v) is 2.48. The maximum Gasteiger partial charge on any atom is 0.410 e. The van der Waals surface area contributed by atoms with Crippen molar-refractivity contribution in [2.24, 2.45) is 0 Å². The molecule has 2 aliphatic heterocycles. The van der Waals surface area contributed by atoms with E-state index in [9.17, 15) is 9.18 Å². The minimum Gasteiger partial charge on any atom is -0.444 e. The molecule has 2 heterocycles. The van der Waals surface area contributed by atoms with Gasteiger partial charge in [0.15, 0.2) is 0 Å². The zero-order valence-electron chi connectivity index (χ0n) is 11.9. The second kappa shape index (κ2) is 5.25. The minimum absolute atomic E-state index is 0.0608. The molecule has 0 radical (unpaired) electrons. The van der Waals surface area contributed by atoms with Crippen LogP contribution in [0.3, 0.4) is 0 Å². The van der Waals surface area contributed by atoms with E-state index in [0.717, 1.165) is 0 Å². The van der Waals surface area contributed by atoms with Crippen molar-refractivity contribution in [3.8, 4) is 0 Å². The smallest absolute Gasteiger partial charge is 0.410 e. The first-order valence-electron chi connectivity index (χ1n) is 6.77. The molecule has 19 heavy (non-hydrogen) atoms. The number of morpholine rings is 1. The summed E-state index contributed by atoms with van der Waals surface area (Å²) in [6.07, 6.45) is -1.02. The molecule has 0 aromatic rings. The Kier molecular flexibility index (Phi) is 4.01. The van der Waals surface area contributed by atoms with Gasteiger partial charge in [-0.3, -0.25) is 0 Å². The van der Waals surface area contributed by atoms with Gasteiger partial charge in [0.1, 0.15) is 11.8 Å². The molecule has 0 bridgehead atoms. The fourth-order valence-electron chi connectivity index (χ4n) is 2.48. The number of carbonyl (C=O) groups is 1. The molecule has 1 N–H and O–H groups in total. The molecule has 2 fully saturated rings. The normalized spacial score (nSPS) is 32.4. The van der Waals surface area contributed by atoms with E-state index >= 15 is 0 Å². The average molecular weight is 274 g/mol. The minimum atomic E-state index is -1.13. The standard InChI is InChI=1S/C13H23FN2O3/c1-12(2,3)19-11(17)16-6-4-13(10(14)8-16)9-18-7-5-15-13/h10,15H,4-9H2,1-3H3/t10-,13+/m1/s1. The molecule has 0 unspecified atom stereocenters. The van der Waals surface area contributed by atoms with Gasteiger partial charge in [0.2, 0.25) is 0 Å². The highest BCUT2D eigenvalue weighted by Gasteiger charge is 2.46. The lowest BCUT2D eigenvalue weighted by Gasteiger charge is -2.46. The van der Waals surface area contributed by atoms with Crippen LogP contribution in [0.1, 0.15) is 27.2 Å². The second-order valence-corrected chi connectivity index (χ2v) is 6.28. The van der Waals surface area contributed by atoms with Gasteiger partial charge in [0.25, 0.3) is 0 Å². The van der Waals surface area contributed by atoms with Gasteiger partial charge in [0.05, 0.1) is 25.3 Å². The number of nitrogens with zero attached hydrogens (tertiary/aromatic N) is 1. The number of carbonyl (C=O) groups excluding carboxylic acids is 1. The van der Waals surface area contributed by atoms with Crippen molar-refractivity contribution in [2.75, 3.05) is 32.8 Å². The van der Waals surface area contributed by atoms with E-state index in [1.165, 1.54) is 4.90 Å². The summed E-state index contributed by atoms with van der Waals surface area (Å²) in [7, 11) is 0. The summed E-state index contributed by atoms with van der Waals surface area (Å²) in [6.45, 7) is 7.61. The van der Waals surface area contributed by atoms with E-state index < -0.39 is 23.4 Å². The second-order valence-electron chi connectivity index (χ2n) is 6.28. The zero-order valence-corrected chi connectivity index (χ0v) is 11.9. The van der Waals surface area contributed by atoms with Crippen LogP contribution < -0.4 is 5.32 Å². The van der Waals surface area contributed by atoms with Crippen molar-refractivity contribution in [3.63, 3.8) is 0 Å². The van der Waals surface area contributed by atoms with Crippen molar-refractivity contribution >= 4 is 6.09 Å². The fraction of sp³-hybridized carbons (Fsp3) is 0.923. The lowest BCUT2D eigenvalue weighted by molar-refractivity contribution is -0.0549. The number of hydrogen-bond acceptors (Lipinski definition) is 4. The van der Waals surface area contributed by atoms with E-state index in [1.807, 2.05) is 0 Å². The van der Waals surface area contributed by atoms with Crippen LogP contribution in [0.25, 0.3) is 0 Å².